The van der Waals surface area contributed by atoms with Crippen LogP contribution < -0.4 is 59.1 Å². The molecule has 0 spiro atoms. The molecule has 312 valence electrons. The molecule has 0 aromatic heterocycles. The number of rotatable bonds is 42. The van der Waals surface area contributed by atoms with Gasteiger partial charge in [0, 0.05) is 26.4 Å². The van der Waals surface area contributed by atoms with Crippen molar-refractivity contribution in [3.63, 3.8) is 0 Å². The molecule has 0 aliphatic heterocycles. The summed E-state index contributed by atoms with van der Waals surface area (Å²) in [4.78, 5) is 0. The number of hydrogen-bond acceptors (Lipinski definition) is 8. The van der Waals surface area contributed by atoms with Crippen LogP contribution in [0.2, 0.25) is 0 Å². The molecular formula is C39H82Na2O10S2. The number of unbranched alkanes of at least 4 members (excludes halogenated alkanes) is 22. The van der Waals surface area contributed by atoms with Crippen molar-refractivity contribution in [2.24, 2.45) is 5.41 Å². The smallest absolute Gasteiger partial charge is 1.00 e. The molecular weight excluding hydrogens is 739 g/mol. The average molecular weight is 821 g/mol. The Hall–Kier alpha value is 1.66. The van der Waals surface area contributed by atoms with E-state index in [1.807, 2.05) is 0 Å². The fourth-order valence-electron chi connectivity index (χ4n) is 6.18. The Morgan fingerprint density at radius 3 is 0.811 bits per heavy atom. The molecule has 0 saturated carbocycles. The maximum atomic E-state index is 11.2. The molecule has 0 atom stereocenters. The maximum absolute atomic E-state index is 11.2. The summed E-state index contributed by atoms with van der Waals surface area (Å²) < 4.78 is 87.0. The van der Waals surface area contributed by atoms with E-state index < -0.39 is 25.7 Å². The molecule has 53 heavy (non-hydrogen) atoms. The molecule has 0 unspecified atom stereocenters. The van der Waals surface area contributed by atoms with E-state index in [-0.39, 0.29) is 113 Å². The van der Waals surface area contributed by atoms with Crippen LogP contribution in [-0.2, 0) is 39.2 Å². The van der Waals surface area contributed by atoms with Crippen molar-refractivity contribution in [1.82, 2.24) is 0 Å². The van der Waals surface area contributed by atoms with Crippen LogP contribution in [0.15, 0.2) is 0 Å². The summed E-state index contributed by atoms with van der Waals surface area (Å²) in [5.41, 5.74) is -0.676. The first kappa shape index (κ1) is 59.0. The normalized spacial score (nSPS) is 12.2. The van der Waals surface area contributed by atoms with Crippen molar-refractivity contribution in [2.45, 2.75) is 181 Å². The average Bonchev–Trinajstić information content (AvgIpc) is 3.07. The summed E-state index contributed by atoms with van der Waals surface area (Å²) in [7, 11) is -8.14. The van der Waals surface area contributed by atoms with Gasteiger partial charge in [0.15, 0.2) is 0 Å². The van der Waals surface area contributed by atoms with Crippen molar-refractivity contribution < 1.29 is 107 Å². The van der Waals surface area contributed by atoms with E-state index in [2.05, 4.69) is 13.8 Å². The minimum Gasteiger partial charge on any atom is -1.00 e. The Morgan fingerprint density at radius 1 is 0.377 bits per heavy atom. The van der Waals surface area contributed by atoms with Gasteiger partial charge >= 0.3 is 59.1 Å². The summed E-state index contributed by atoms with van der Waals surface area (Å²) in [5.74, 6) is -0.756. The molecule has 0 aromatic carbocycles. The standard InChI is InChI=1S/C39H80O10S2.2Na.2H/c1-3-5-7-9-11-13-15-17-19-21-23-25-29-46-35-39(37-48-31-27-33-50(40,41)42,38-49-32-28-34-51(43,44)45)36-47-30-26-24-22-20-18-16-14-12-10-8-6-4-2;;;;/h3-38H2,1-2H3,(H,40,41,42)(H,43,44,45);;;;/q;2*+1;2*-1. The summed E-state index contributed by atoms with van der Waals surface area (Å²) in [6.45, 7) is 7.03. The minimum absolute atomic E-state index is 0. The Morgan fingerprint density at radius 2 is 0.585 bits per heavy atom. The quantitative estimate of drug-likeness (QED) is 0.0522. The molecule has 0 aromatic rings. The largest absolute Gasteiger partial charge is 1.00 e. The van der Waals surface area contributed by atoms with Crippen LogP contribution in [0.4, 0.5) is 0 Å². The second kappa shape index (κ2) is 41.8. The molecule has 0 saturated heterocycles. The van der Waals surface area contributed by atoms with Crippen molar-refractivity contribution in [2.75, 3.05) is 64.4 Å². The van der Waals surface area contributed by atoms with Gasteiger partial charge in [-0.05, 0) is 25.7 Å². The van der Waals surface area contributed by atoms with E-state index in [0.29, 0.717) is 26.4 Å². The van der Waals surface area contributed by atoms with Gasteiger partial charge in [-0.15, -0.1) is 0 Å². The summed E-state index contributed by atoms with van der Waals surface area (Å²) in [6, 6.07) is 0. The molecule has 0 radical (unpaired) electrons. The first-order valence-electron chi connectivity index (χ1n) is 20.7. The summed E-state index contributed by atoms with van der Waals surface area (Å²) >= 11 is 0. The van der Waals surface area contributed by atoms with Gasteiger partial charge in [0.2, 0.25) is 0 Å². The molecule has 0 aliphatic carbocycles. The van der Waals surface area contributed by atoms with Crippen molar-refractivity contribution in [3.05, 3.63) is 0 Å². The van der Waals surface area contributed by atoms with Crippen LogP contribution in [-0.4, -0.2) is 90.3 Å². The van der Waals surface area contributed by atoms with Crippen LogP contribution in [0, 0.1) is 5.41 Å². The van der Waals surface area contributed by atoms with Gasteiger partial charge in [0.05, 0.1) is 43.3 Å². The summed E-state index contributed by atoms with van der Waals surface area (Å²) in [6.07, 6.45) is 30.7. The minimum atomic E-state index is -4.07. The van der Waals surface area contributed by atoms with Gasteiger partial charge in [-0.3, -0.25) is 9.11 Å². The molecule has 2 N–H and O–H groups in total. The van der Waals surface area contributed by atoms with E-state index in [0.717, 1.165) is 25.7 Å². The molecule has 14 heteroatoms. The molecule has 0 rings (SSSR count). The van der Waals surface area contributed by atoms with E-state index >= 15 is 0 Å². The third-order valence-electron chi connectivity index (χ3n) is 9.30. The van der Waals surface area contributed by atoms with Gasteiger partial charge in [0.25, 0.3) is 20.2 Å². The van der Waals surface area contributed by atoms with Gasteiger partial charge in [0.1, 0.15) is 0 Å². The van der Waals surface area contributed by atoms with Crippen molar-refractivity contribution >= 4 is 20.2 Å². The van der Waals surface area contributed by atoms with Gasteiger partial charge in [-0.2, -0.15) is 16.8 Å². The van der Waals surface area contributed by atoms with Crippen LogP contribution in [0.3, 0.4) is 0 Å². The molecule has 10 nitrogen and oxygen atoms in total. The van der Waals surface area contributed by atoms with Gasteiger partial charge in [-0.1, -0.05) is 155 Å². The van der Waals surface area contributed by atoms with E-state index in [9.17, 15) is 16.8 Å². The Bertz CT molecular complexity index is 892. The maximum Gasteiger partial charge on any atom is 1.00 e. The van der Waals surface area contributed by atoms with Crippen molar-refractivity contribution in [1.29, 1.82) is 0 Å². The molecule has 0 aliphatic rings. The third-order valence-corrected chi connectivity index (χ3v) is 10.9. The topological polar surface area (TPSA) is 146 Å². The first-order valence-corrected chi connectivity index (χ1v) is 24.0. The zero-order valence-corrected chi connectivity index (χ0v) is 40.6. The Kier molecular flexibility index (Phi) is 46.5. The second-order valence-electron chi connectivity index (χ2n) is 14.8. The first-order chi connectivity index (χ1) is 24.5. The van der Waals surface area contributed by atoms with E-state index in [1.165, 1.54) is 128 Å². The van der Waals surface area contributed by atoms with Gasteiger partial charge < -0.3 is 21.8 Å². The van der Waals surface area contributed by atoms with Crippen LogP contribution in [0.5, 0.6) is 0 Å². The second-order valence-corrected chi connectivity index (χ2v) is 17.9. The zero-order chi connectivity index (χ0) is 37.8. The van der Waals surface area contributed by atoms with Crippen LogP contribution in [0.1, 0.15) is 184 Å². The fraction of sp³-hybridized carbons (Fsp3) is 1.00. The van der Waals surface area contributed by atoms with Gasteiger partial charge in [-0.25, -0.2) is 0 Å². The number of hydrogen-bond donors (Lipinski definition) is 2. The molecule has 0 fully saturated rings. The molecule has 0 amide bonds. The molecule has 0 bridgehead atoms. The summed E-state index contributed by atoms with van der Waals surface area (Å²) in [5, 5.41) is 0. The van der Waals surface area contributed by atoms with Crippen molar-refractivity contribution in [3.8, 4) is 0 Å². The molecule has 0 heterocycles. The van der Waals surface area contributed by atoms with Crippen LogP contribution >= 0.6 is 0 Å². The Labute approximate surface area is 374 Å². The predicted octanol–water partition coefficient (Wildman–Crippen LogP) is 4.23. The Balaban J connectivity index is -0.00000208. The third kappa shape index (κ3) is 46.2. The monoisotopic (exact) mass is 821 g/mol. The fourth-order valence-corrected chi connectivity index (χ4v) is 7.15. The SMILES string of the molecule is CCCCCCCCCCCCCCOCC(COCCCCCCCCCCCCCC)(COCCCS(=O)(=O)O)COCCCS(=O)(=O)O.[H-].[H-].[Na+].[Na+]. The van der Waals surface area contributed by atoms with Crippen LogP contribution in [0.25, 0.3) is 0 Å². The zero-order valence-electron chi connectivity index (χ0n) is 36.9. The van der Waals surface area contributed by atoms with E-state index in [1.54, 1.807) is 0 Å². The number of ether oxygens (including phenoxy) is 4. The predicted molar refractivity (Wildman–Crippen MR) is 212 cm³/mol. The van der Waals surface area contributed by atoms with E-state index in [4.69, 9.17) is 28.1 Å².